The molecule has 0 fully saturated rings. The first kappa shape index (κ1) is 14.8. The summed E-state index contributed by atoms with van der Waals surface area (Å²) in [4.78, 5) is 1.32. The maximum Gasteiger partial charge on any atom is 0.0186 e. The predicted octanol–water partition coefficient (Wildman–Crippen LogP) is 4.49. The van der Waals surface area contributed by atoms with Crippen molar-refractivity contribution < 1.29 is 0 Å². The Hall–Kier alpha value is -0.250. The fourth-order valence-electron chi connectivity index (χ4n) is 1.57. The average molecular weight is 314 g/mol. The third-order valence-electron chi connectivity index (χ3n) is 2.62. The number of benzene rings is 1. The number of unbranched alkanes of at least 4 members (excludes halogenated alkanes) is 1. The summed E-state index contributed by atoms with van der Waals surface area (Å²) in [5, 5.41) is 3.38. The molecule has 0 spiro atoms. The van der Waals surface area contributed by atoms with Crippen LogP contribution in [-0.2, 0) is 0 Å². The number of nitrogens with one attached hydrogen (secondary N) is 1. The number of halogens is 1. The SMILES string of the molecule is C=CCCCC(CSc1cccc(Br)c1)NC. The van der Waals surface area contributed by atoms with Crippen LogP contribution in [0.4, 0.5) is 0 Å². The van der Waals surface area contributed by atoms with E-state index in [0.29, 0.717) is 6.04 Å². The first-order valence-corrected chi connectivity index (χ1v) is 7.70. The van der Waals surface area contributed by atoms with Crippen LogP contribution in [0.25, 0.3) is 0 Å². The molecule has 1 rings (SSSR count). The van der Waals surface area contributed by atoms with E-state index < -0.39 is 0 Å². The third-order valence-corrected chi connectivity index (χ3v) is 4.27. The Labute approximate surface area is 117 Å². The standard InChI is InChI=1S/C14H20BrNS/c1-3-4-5-8-13(16-2)11-17-14-9-6-7-12(15)10-14/h3,6-7,9-10,13,16H,1,4-5,8,11H2,2H3. The molecule has 3 heteroatoms. The Morgan fingerprint density at radius 2 is 2.35 bits per heavy atom. The Morgan fingerprint density at radius 1 is 1.53 bits per heavy atom. The minimum atomic E-state index is 0.582. The van der Waals surface area contributed by atoms with E-state index in [2.05, 4.69) is 52.1 Å². The van der Waals surface area contributed by atoms with Crippen molar-refractivity contribution >= 4 is 27.7 Å². The summed E-state index contributed by atoms with van der Waals surface area (Å²) in [5.74, 6) is 1.12. The summed E-state index contributed by atoms with van der Waals surface area (Å²) in [6, 6.07) is 9.05. The van der Waals surface area contributed by atoms with Crippen molar-refractivity contribution in [1.82, 2.24) is 5.32 Å². The van der Waals surface area contributed by atoms with Gasteiger partial charge in [-0.2, -0.15) is 0 Å². The third kappa shape index (κ3) is 6.29. The van der Waals surface area contributed by atoms with Crippen molar-refractivity contribution in [2.75, 3.05) is 12.8 Å². The summed E-state index contributed by atoms with van der Waals surface area (Å²) < 4.78 is 1.15. The molecule has 0 saturated heterocycles. The van der Waals surface area contributed by atoms with Crippen molar-refractivity contribution in [3.8, 4) is 0 Å². The van der Waals surface area contributed by atoms with E-state index in [-0.39, 0.29) is 0 Å². The minimum Gasteiger partial charge on any atom is -0.316 e. The Balaban J connectivity index is 2.34. The lowest BCUT2D eigenvalue weighted by Crippen LogP contribution is -2.27. The van der Waals surface area contributed by atoms with E-state index in [1.165, 1.54) is 17.7 Å². The molecule has 0 heterocycles. The van der Waals surface area contributed by atoms with E-state index in [9.17, 15) is 0 Å². The molecule has 1 N–H and O–H groups in total. The van der Waals surface area contributed by atoms with Gasteiger partial charge in [-0.15, -0.1) is 18.3 Å². The van der Waals surface area contributed by atoms with E-state index in [4.69, 9.17) is 0 Å². The maximum absolute atomic E-state index is 3.76. The van der Waals surface area contributed by atoms with Gasteiger partial charge in [-0.3, -0.25) is 0 Å². The van der Waals surface area contributed by atoms with Crippen LogP contribution in [-0.4, -0.2) is 18.8 Å². The normalized spacial score (nSPS) is 12.4. The average Bonchev–Trinajstić information content (AvgIpc) is 2.34. The molecule has 0 aliphatic heterocycles. The molecule has 0 bridgehead atoms. The number of hydrogen-bond acceptors (Lipinski definition) is 2. The van der Waals surface area contributed by atoms with Gasteiger partial charge in [0, 0.05) is 21.2 Å². The molecule has 0 aromatic heterocycles. The van der Waals surface area contributed by atoms with Crippen LogP contribution in [0.1, 0.15) is 19.3 Å². The Morgan fingerprint density at radius 3 is 3.00 bits per heavy atom. The summed E-state index contributed by atoms with van der Waals surface area (Å²) in [7, 11) is 2.04. The fraction of sp³-hybridized carbons (Fsp3) is 0.429. The zero-order chi connectivity index (χ0) is 12.5. The van der Waals surface area contributed by atoms with Crippen LogP contribution in [0, 0.1) is 0 Å². The van der Waals surface area contributed by atoms with E-state index in [1.54, 1.807) is 0 Å². The van der Waals surface area contributed by atoms with Crippen molar-refractivity contribution in [3.05, 3.63) is 41.4 Å². The Bertz CT molecular complexity index is 341. The molecule has 0 aliphatic rings. The van der Waals surface area contributed by atoms with Crippen LogP contribution in [0.15, 0.2) is 46.3 Å². The van der Waals surface area contributed by atoms with Crippen molar-refractivity contribution in [2.24, 2.45) is 0 Å². The molecule has 0 radical (unpaired) electrons. The second-order valence-corrected chi connectivity index (χ2v) is 5.98. The molecule has 0 aliphatic carbocycles. The molecule has 94 valence electrons. The van der Waals surface area contributed by atoms with Crippen LogP contribution in [0.2, 0.25) is 0 Å². The van der Waals surface area contributed by atoms with Crippen molar-refractivity contribution in [2.45, 2.75) is 30.2 Å². The Kier molecular flexibility index (Phi) is 7.65. The number of hydrogen-bond donors (Lipinski definition) is 1. The first-order valence-electron chi connectivity index (χ1n) is 5.92. The molecule has 1 aromatic rings. The zero-order valence-corrected chi connectivity index (χ0v) is 12.7. The maximum atomic E-state index is 3.76. The first-order chi connectivity index (χ1) is 8.26. The highest BCUT2D eigenvalue weighted by atomic mass is 79.9. The lowest BCUT2D eigenvalue weighted by atomic mass is 10.1. The number of allylic oxidation sites excluding steroid dienone is 1. The van der Waals surface area contributed by atoms with E-state index in [0.717, 1.165) is 16.6 Å². The van der Waals surface area contributed by atoms with Crippen LogP contribution in [0.3, 0.4) is 0 Å². The van der Waals surface area contributed by atoms with Gasteiger partial charge in [0.05, 0.1) is 0 Å². The lowest BCUT2D eigenvalue weighted by Gasteiger charge is -2.15. The zero-order valence-electron chi connectivity index (χ0n) is 10.3. The quantitative estimate of drug-likeness (QED) is 0.431. The summed E-state index contributed by atoms with van der Waals surface area (Å²) in [6.45, 7) is 3.76. The smallest absolute Gasteiger partial charge is 0.0186 e. The highest BCUT2D eigenvalue weighted by Crippen LogP contribution is 2.23. The highest BCUT2D eigenvalue weighted by Gasteiger charge is 2.06. The molecule has 1 aromatic carbocycles. The number of rotatable bonds is 8. The lowest BCUT2D eigenvalue weighted by molar-refractivity contribution is 0.552. The fourth-order valence-corrected chi connectivity index (χ4v) is 3.24. The minimum absolute atomic E-state index is 0.582. The molecule has 1 nitrogen and oxygen atoms in total. The van der Waals surface area contributed by atoms with Gasteiger partial charge in [0.1, 0.15) is 0 Å². The molecular formula is C14H20BrNS. The van der Waals surface area contributed by atoms with Crippen LogP contribution >= 0.6 is 27.7 Å². The molecule has 0 saturated carbocycles. The molecule has 17 heavy (non-hydrogen) atoms. The van der Waals surface area contributed by atoms with Gasteiger partial charge in [-0.05, 0) is 44.5 Å². The van der Waals surface area contributed by atoms with Gasteiger partial charge in [0.2, 0.25) is 0 Å². The van der Waals surface area contributed by atoms with Crippen LogP contribution in [0.5, 0.6) is 0 Å². The largest absolute Gasteiger partial charge is 0.316 e. The molecular weight excluding hydrogens is 294 g/mol. The van der Waals surface area contributed by atoms with Crippen LogP contribution < -0.4 is 5.32 Å². The summed E-state index contributed by atoms with van der Waals surface area (Å²) in [6.07, 6.45) is 5.53. The molecule has 1 unspecified atom stereocenters. The van der Waals surface area contributed by atoms with Gasteiger partial charge >= 0.3 is 0 Å². The van der Waals surface area contributed by atoms with Crippen molar-refractivity contribution in [1.29, 1.82) is 0 Å². The van der Waals surface area contributed by atoms with Gasteiger partial charge in [0.15, 0.2) is 0 Å². The second kappa shape index (κ2) is 8.78. The summed E-state index contributed by atoms with van der Waals surface area (Å²) in [5.41, 5.74) is 0. The van der Waals surface area contributed by atoms with E-state index >= 15 is 0 Å². The van der Waals surface area contributed by atoms with Crippen molar-refractivity contribution in [3.63, 3.8) is 0 Å². The summed E-state index contributed by atoms with van der Waals surface area (Å²) >= 11 is 5.40. The van der Waals surface area contributed by atoms with E-state index in [1.807, 2.05) is 24.9 Å². The molecule has 0 amide bonds. The second-order valence-electron chi connectivity index (χ2n) is 3.97. The van der Waals surface area contributed by atoms with Gasteiger partial charge < -0.3 is 5.32 Å². The topological polar surface area (TPSA) is 12.0 Å². The predicted molar refractivity (Wildman–Crippen MR) is 81.8 cm³/mol. The van der Waals surface area contributed by atoms with Gasteiger partial charge in [-0.1, -0.05) is 28.1 Å². The van der Waals surface area contributed by atoms with Gasteiger partial charge in [0.25, 0.3) is 0 Å². The highest BCUT2D eigenvalue weighted by molar-refractivity contribution is 9.10. The monoisotopic (exact) mass is 313 g/mol. The van der Waals surface area contributed by atoms with Gasteiger partial charge in [-0.25, -0.2) is 0 Å². The molecule has 1 atom stereocenters. The number of thioether (sulfide) groups is 1.